The minimum absolute atomic E-state index is 0.0230. The second-order valence-electron chi connectivity index (χ2n) is 8.81. The number of ether oxygens (including phenoxy) is 2. The molecule has 36 heavy (non-hydrogen) atoms. The molecular weight excluding hydrogens is 484 g/mol. The van der Waals surface area contributed by atoms with E-state index in [9.17, 15) is 17.6 Å². The summed E-state index contributed by atoms with van der Waals surface area (Å²) in [5.41, 5.74) is 1.81. The van der Waals surface area contributed by atoms with Gasteiger partial charge >= 0.3 is 0 Å². The molecule has 1 aromatic carbocycles. The van der Waals surface area contributed by atoms with Crippen LogP contribution in [0.15, 0.2) is 30.5 Å². The molecule has 2 fully saturated rings. The average molecular weight is 509 g/mol. The SMILES string of the molecule is [2H]C([2H])([2H])Oc1nc(NC2CN(C3COC3)CC2(F)F)nn2ccc(-c3ccc4nnn(CC(F)F)c4c3)c12. The Morgan fingerprint density at radius 1 is 1.31 bits per heavy atom. The number of nitrogens with one attached hydrogen (secondary N) is 1. The summed E-state index contributed by atoms with van der Waals surface area (Å²) in [7, 11) is -2.91. The Morgan fingerprint density at radius 2 is 2.17 bits per heavy atom. The van der Waals surface area contributed by atoms with Gasteiger partial charge in [0.1, 0.15) is 23.6 Å². The standard InChI is InChI=1S/C22H22F4N8O2/c1-35-20-19-14(12-2-3-15-16(6-12)34(31-29-15)8-18(23)24)4-5-33(19)30-21(28-20)27-17-7-32(11-22(17,25)26)13-9-36-10-13/h2-6,13,17-18H,7-11H2,1H3,(H,27,30)/i1D3. The molecule has 4 aromatic rings. The molecule has 0 bridgehead atoms. The highest BCUT2D eigenvalue weighted by Crippen LogP contribution is 2.35. The van der Waals surface area contributed by atoms with Crippen molar-refractivity contribution in [2.24, 2.45) is 0 Å². The first-order chi connectivity index (χ1) is 18.5. The first-order valence-corrected chi connectivity index (χ1v) is 11.1. The molecular formula is C22H22F4N8O2. The van der Waals surface area contributed by atoms with E-state index in [1.165, 1.54) is 10.7 Å². The fourth-order valence-corrected chi connectivity index (χ4v) is 4.59. The van der Waals surface area contributed by atoms with Crippen LogP contribution in [0.1, 0.15) is 4.11 Å². The lowest BCUT2D eigenvalue weighted by Gasteiger charge is -2.34. The Labute approximate surface area is 206 Å². The van der Waals surface area contributed by atoms with Gasteiger partial charge in [-0.15, -0.1) is 10.2 Å². The average Bonchev–Trinajstić information content (AvgIpc) is 3.47. The van der Waals surface area contributed by atoms with Crippen molar-refractivity contribution >= 4 is 22.5 Å². The Morgan fingerprint density at radius 3 is 2.92 bits per heavy atom. The first kappa shape index (κ1) is 19.6. The maximum absolute atomic E-state index is 14.8. The van der Waals surface area contributed by atoms with Gasteiger partial charge in [-0.1, -0.05) is 11.3 Å². The molecule has 190 valence electrons. The van der Waals surface area contributed by atoms with Gasteiger partial charge in [-0.3, -0.25) is 4.90 Å². The normalized spacial score (nSPS) is 22.0. The van der Waals surface area contributed by atoms with Crippen LogP contribution in [0.3, 0.4) is 0 Å². The van der Waals surface area contributed by atoms with E-state index in [1.807, 2.05) is 0 Å². The molecule has 0 radical (unpaired) electrons. The summed E-state index contributed by atoms with van der Waals surface area (Å²) in [5, 5.41) is 14.6. The van der Waals surface area contributed by atoms with E-state index < -0.39 is 38.5 Å². The summed E-state index contributed by atoms with van der Waals surface area (Å²) < 4.78 is 91.0. The van der Waals surface area contributed by atoms with E-state index in [0.717, 1.165) is 4.68 Å². The molecule has 1 unspecified atom stereocenters. The van der Waals surface area contributed by atoms with E-state index in [2.05, 4.69) is 25.7 Å². The lowest BCUT2D eigenvalue weighted by atomic mass is 10.1. The summed E-state index contributed by atoms with van der Waals surface area (Å²) in [5.74, 6) is -3.70. The van der Waals surface area contributed by atoms with Crippen LogP contribution >= 0.6 is 0 Å². The monoisotopic (exact) mass is 509 g/mol. The summed E-state index contributed by atoms with van der Waals surface area (Å²) in [6.07, 6.45) is -1.15. The van der Waals surface area contributed by atoms with Gasteiger partial charge in [-0.05, 0) is 23.8 Å². The molecule has 1 N–H and O–H groups in total. The number of halogens is 4. The molecule has 2 aliphatic heterocycles. The van der Waals surface area contributed by atoms with Crippen LogP contribution in [0.4, 0.5) is 23.5 Å². The van der Waals surface area contributed by atoms with E-state index in [1.54, 1.807) is 29.2 Å². The molecule has 10 nitrogen and oxygen atoms in total. The predicted octanol–water partition coefficient (Wildman–Crippen LogP) is 2.54. The molecule has 0 spiro atoms. The third-order valence-corrected chi connectivity index (χ3v) is 6.49. The number of rotatable bonds is 7. The Balaban J connectivity index is 1.38. The lowest BCUT2D eigenvalue weighted by molar-refractivity contribution is -0.0711. The topological polar surface area (TPSA) is 94.6 Å². The number of aromatic nitrogens is 6. The quantitative estimate of drug-likeness (QED) is 0.380. The summed E-state index contributed by atoms with van der Waals surface area (Å²) >= 11 is 0. The van der Waals surface area contributed by atoms with E-state index in [0.29, 0.717) is 35.4 Å². The number of methoxy groups -OCH3 is 1. The van der Waals surface area contributed by atoms with Gasteiger partial charge in [0.05, 0.1) is 42.5 Å². The zero-order valence-electron chi connectivity index (χ0n) is 21.6. The zero-order valence-corrected chi connectivity index (χ0v) is 18.6. The van der Waals surface area contributed by atoms with Crippen LogP contribution < -0.4 is 10.1 Å². The molecule has 0 saturated carbocycles. The zero-order chi connectivity index (χ0) is 27.5. The molecule has 2 saturated heterocycles. The van der Waals surface area contributed by atoms with Crippen LogP contribution in [-0.4, -0.2) is 92.3 Å². The number of fused-ring (bicyclic) bond motifs is 2. The van der Waals surface area contributed by atoms with Crippen molar-refractivity contribution in [3.05, 3.63) is 30.5 Å². The van der Waals surface area contributed by atoms with Crippen molar-refractivity contribution in [1.82, 2.24) is 34.5 Å². The molecule has 0 amide bonds. The van der Waals surface area contributed by atoms with Crippen molar-refractivity contribution in [3.63, 3.8) is 0 Å². The maximum atomic E-state index is 14.8. The van der Waals surface area contributed by atoms with Crippen LogP contribution in [0.5, 0.6) is 5.88 Å². The molecule has 0 aliphatic carbocycles. The summed E-state index contributed by atoms with van der Waals surface area (Å²) in [4.78, 5) is 5.79. The number of likely N-dealkylation sites (tertiary alicyclic amines) is 1. The molecule has 6 rings (SSSR count). The third kappa shape index (κ3) is 3.89. The van der Waals surface area contributed by atoms with Gasteiger partial charge in [-0.25, -0.2) is 26.8 Å². The van der Waals surface area contributed by atoms with Crippen LogP contribution in [0, 0.1) is 0 Å². The Bertz CT molecular complexity index is 1520. The van der Waals surface area contributed by atoms with Gasteiger partial charge in [-0.2, -0.15) is 4.98 Å². The Kier molecular flexibility index (Phi) is 4.67. The minimum Gasteiger partial charge on any atom is -0.479 e. The number of nitrogens with zero attached hydrogens (tertiary/aromatic N) is 7. The molecule has 3 aromatic heterocycles. The summed E-state index contributed by atoms with van der Waals surface area (Å²) in [6, 6.07) is 5.02. The van der Waals surface area contributed by atoms with Gasteiger partial charge in [0.15, 0.2) is 0 Å². The number of alkyl halides is 4. The van der Waals surface area contributed by atoms with E-state index in [4.69, 9.17) is 13.6 Å². The van der Waals surface area contributed by atoms with E-state index in [-0.39, 0.29) is 29.9 Å². The van der Waals surface area contributed by atoms with Crippen LogP contribution in [0.2, 0.25) is 0 Å². The molecule has 1 atom stereocenters. The van der Waals surface area contributed by atoms with Gasteiger partial charge in [0.2, 0.25) is 11.8 Å². The van der Waals surface area contributed by atoms with Crippen LogP contribution in [0.25, 0.3) is 27.7 Å². The number of benzene rings is 1. The highest BCUT2D eigenvalue weighted by atomic mass is 19.3. The van der Waals surface area contributed by atoms with E-state index >= 15 is 0 Å². The van der Waals surface area contributed by atoms with Crippen molar-refractivity contribution in [3.8, 4) is 17.0 Å². The fraction of sp³-hybridized carbons (Fsp3) is 0.455. The highest BCUT2D eigenvalue weighted by Gasteiger charge is 2.51. The van der Waals surface area contributed by atoms with Crippen molar-refractivity contribution < 1.29 is 31.1 Å². The number of anilines is 1. The van der Waals surface area contributed by atoms with Crippen molar-refractivity contribution in [2.75, 3.05) is 38.7 Å². The van der Waals surface area contributed by atoms with Crippen molar-refractivity contribution in [1.29, 1.82) is 0 Å². The lowest BCUT2D eigenvalue weighted by Crippen LogP contribution is -2.48. The Hall–Kier alpha value is -3.52. The fourth-order valence-electron chi connectivity index (χ4n) is 4.59. The first-order valence-electron chi connectivity index (χ1n) is 12.6. The van der Waals surface area contributed by atoms with Crippen molar-refractivity contribution in [2.45, 2.75) is 31.0 Å². The predicted molar refractivity (Wildman–Crippen MR) is 121 cm³/mol. The van der Waals surface area contributed by atoms with Crippen LogP contribution in [-0.2, 0) is 11.3 Å². The third-order valence-electron chi connectivity index (χ3n) is 6.49. The second kappa shape index (κ2) is 8.55. The molecule has 5 heterocycles. The smallest absolute Gasteiger partial charge is 0.281 e. The van der Waals surface area contributed by atoms with Gasteiger partial charge in [0.25, 0.3) is 12.3 Å². The largest absolute Gasteiger partial charge is 0.479 e. The van der Waals surface area contributed by atoms with Gasteiger partial charge < -0.3 is 14.8 Å². The highest BCUT2D eigenvalue weighted by molar-refractivity contribution is 5.89. The number of hydrogen-bond acceptors (Lipinski definition) is 8. The summed E-state index contributed by atoms with van der Waals surface area (Å²) in [6.45, 7) is -0.307. The number of hydrogen-bond donors (Lipinski definition) is 1. The maximum Gasteiger partial charge on any atom is 0.281 e. The molecule has 2 aliphatic rings. The van der Waals surface area contributed by atoms with Gasteiger partial charge in [0, 0.05) is 18.3 Å². The second-order valence-corrected chi connectivity index (χ2v) is 8.81. The minimum atomic E-state index is -3.09. The molecule has 14 heteroatoms.